The maximum atomic E-state index is 12.5. The first-order chi connectivity index (χ1) is 11.9. The molecule has 1 fully saturated rings. The van der Waals surface area contributed by atoms with Crippen LogP contribution in [0.15, 0.2) is 53.7 Å². The Morgan fingerprint density at radius 2 is 1.84 bits per heavy atom. The minimum absolute atomic E-state index is 0.00683. The van der Waals surface area contributed by atoms with Gasteiger partial charge >= 0.3 is 0 Å². The van der Waals surface area contributed by atoms with E-state index in [0.29, 0.717) is 18.7 Å². The molecule has 2 heterocycles. The number of amides is 1. The summed E-state index contributed by atoms with van der Waals surface area (Å²) >= 11 is 0. The Morgan fingerprint density at radius 1 is 1.16 bits per heavy atom. The predicted molar refractivity (Wildman–Crippen MR) is 91.6 cm³/mol. The number of hydrogen-bond acceptors (Lipinski definition) is 5. The van der Waals surface area contributed by atoms with Gasteiger partial charge in [0, 0.05) is 37.7 Å². The Hall–Kier alpha value is -2.45. The summed E-state index contributed by atoms with van der Waals surface area (Å²) in [5.41, 5.74) is 0.444. The van der Waals surface area contributed by atoms with Crippen molar-refractivity contribution in [3.05, 3.63) is 54.4 Å². The Bertz CT molecular complexity index is 830. The van der Waals surface area contributed by atoms with Crippen LogP contribution in [0.2, 0.25) is 0 Å². The summed E-state index contributed by atoms with van der Waals surface area (Å²) in [6, 6.07) is 9.35. The Balaban J connectivity index is 1.58. The topological polar surface area (TPSA) is 103 Å². The van der Waals surface area contributed by atoms with Gasteiger partial charge in [-0.3, -0.25) is 9.78 Å². The molecule has 0 spiro atoms. The van der Waals surface area contributed by atoms with E-state index < -0.39 is 10.0 Å². The summed E-state index contributed by atoms with van der Waals surface area (Å²) in [7, 11) is -3.75. The fourth-order valence-electron chi connectivity index (χ4n) is 2.76. The molecule has 0 unspecified atom stereocenters. The second-order valence-electron chi connectivity index (χ2n) is 5.87. The van der Waals surface area contributed by atoms with E-state index in [4.69, 9.17) is 9.88 Å². The van der Waals surface area contributed by atoms with Crippen LogP contribution in [0.5, 0.6) is 5.75 Å². The Labute approximate surface area is 146 Å². The van der Waals surface area contributed by atoms with Gasteiger partial charge in [0.25, 0.3) is 5.91 Å². The standard InChI is InChI=1S/C17H19N3O4S/c18-25(22,23)16-5-3-13(4-6-16)17(21)20-10-7-14(8-11-20)24-15-2-1-9-19-12-15/h1-6,9,12,14H,7-8,10-11H2,(H2,18,22,23). The number of ether oxygens (including phenoxy) is 1. The van der Waals surface area contributed by atoms with E-state index in [1.54, 1.807) is 17.3 Å². The third-order valence-corrected chi connectivity index (χ3v) is 5.03. The highest BCUT2D eigenvalue weighted by Crippen LogP contribution is 2.20. The first-order valence-corrected chi connectivity index (χ1v) is 9.47. The molecule has 1 saturated heterocycles. The SMILES string of the molecule is NS(=O)(=O)c1ccc(C(=O)N2CCC(Oc3cccnc3)CC2)cc1. The van der Waals surface area contributed by atoms with Crippen LogP contribution < -0.4 is 9.88 Å². The zero-order valence-corrected chi connectivity index (χ0v) is 14.4. The smallest absolute Gasteiger partial charge is 0.253 e. The molecule has 1 aromatic carbocycles. The van der Waals surface area contributed by atoms with E-state index >= 15 is 0 Å². The number of sulfonamides is 1. The van der Waals surface area contributed by atoms with E-state index in [1.807, 2.05) is 12.1 Å². The third kappa shape index (κ3) is 4.34. The molecule has 0 atom stereocenters. The predicted octanol–water partition coefficient (Wildman–Crippen LogP) is 1.41. The van der Waals surface area contributed by atoms with Gasteiger partial charge in [0.05, 0.1) is 11.1 Å². The van der Waals surface area contributed by atoms with Gasteiger partial charge in [0.1, 0.15) is 11.9 Å². The summed E-state index contributed by atoms with van der Waals surface area (Å²) < 4.78 is 28.4. The summed E-state index contributed by atoms with van der Waals surface area (Å²) in [4.78, 5) is 18.3. The summed E-state index contributed by atoms with van der Waals surface area (Å²) in [6.07, 6.45) is 4.88. The first kappa shape index (κ1) is 17.4. The van der Waals surface area contributed by atoms with E-state index in [0.717, 1.165) is 18.6 Å². The maximum Gasteiger partial charge on any atom is 0.253 e. The lowest BCUT2D eigenvalue weighted by molar-refractivity contribution is 0.0595. The highest BCUT2D eigenvalue weighted by atomic mass is 32.2. The van der Waals surface area contributed by atoms with Crippen molar-refractivity contribution in [1.29, 1.82) is 0 Å². The second-order valence-corrected chi connectivity index (χ2v) is 7.43. The minimum atomic E-state index is -3.75. The molecule has 0 aliphatic carbocycles. The number of carbonyl (C=O) groups excluding carboxylic acids is 1. The number of primary sulfonamides is 1. The lowest BCUT2D eigenvalue weighted by Crippen LogP contribution is -2.41. The lowest BCUT2D eigenvalue weighted by atomic mass is 10.1. The van der Waals surface area contributed by atoms with E-state index in [-0.39, 0.29) is 16.9 Å². The molecule has 1 aromatic heterocycles. The molecule has 8 heteroatoms. The molecule has 1 aliphatic rings. The van der Waals surface area contributed by atoms with Crippen molar-refractivity contribution in [2.24, 2.45) is 5.14 Å². The van der Waals surface area contributed by atoms with E-state index in [2.05, 4.69) is 4.98 Å². The molecule has 2 aromatic rings. The number of likely N-dealkylation sites (tertiary alicyclic amines) is 1. The molecule has 3 rings (SSSR count). The van der Waals surface area contributed by atoms with Crippen molar-refractivity contribution in [3.63, 3.8) is 0 Å². The number of carbonyl (C=O) groups is 1. The van der Waals surface area contributed by atoms with Gasteiger partial charge in [-0.25, -0.2) is 13.6 Å². The Kier molecular flexibility index (Phi) is 5.00. The van der Waals surface area contributed by atoms with Crippen LogP contribution in [0.1, 0.15) is 23.2 Å². The molecule has 1 aliphatic heterocycles. The summed E-state index contributed by atoms with van der Waals surface area (Å²) in [5, 5.41) is 5.06. The van der Waals surface area contributed by atoms with Crippen LogP contribution in [0.25, 0.3) is 0 Å². The normalized spacial score (nSPS) is 15.8. The van der Waals surface area contributed by atoms with Gasteiger partial charge in [-0.2, -0.15) is 0 Å². The third-order valence-electron chi connectivity index (χ3n) is 4.10. The monoisotopic (exact) mass is 361 g/mol. The van der Waals surface area contributed by atoms with E-state index in [9.17, 15) is 13.2 Å². The summed E-state index contributed by atoms with van der Waals surface area (Å²) in [5.74, 6) is 0.603. The van der Waals surface area contributed by atoms with Gasteiger partial charge in [0.15, 0.2) is 0 Å². The number of hydrogen-bond donors (Lipinski definition) is 1. The number of nitrogens with two attached hydrogens (primary N) is 1. The lowest BCUT2D eigenvalue weighted by Gasteiger charge is -2.32. The van der Waals surface area contributed by atoms with Crippen LogP contribution in [-0.2, 0) is 10.0 Å². The van der Waals surface area contributed by atoms with Gasteiger partial charge in [-0.05, 0) is 36.4 Å². The van der Waals surface area contributed by atoms with Gasteiger partial charge in [-0.15, -0.1) is 0 Å². The number of piperidine rings is 1. The quantitative estimate of drug-likeness (QED) is 0.887. The average Bonchev–Trinajstić information content (AvgIpc) is 2.62. The highest BCUT2D eigenvalue weighted by molar-refractivity contribution is 7.89. The number of nitrogens with zero attached hydrogens (tertiary/aromatic N) is 2. The molecule has 0 bridgehead atoms. The molecular formula is C17H19N3O4S. The van der Waals surface area contributed by atoms with Crippen LogP contribution in [0.3, 0.4) is 0 Å². The number of rotatable bonds is 4. The molecule has 0 radical (unpaired) electrons. The van der Waals surface area contributed by atoms with Crippen molar-refractivity contribution in [2.45, 2.75) is 23.8 Å². The van der Waals surface area contributed by atoms with Gasteiger partial charge in [-0.1, -0.05) is 0 Å². The van der Waals surface area contributed by atoms with Crippen molar-refractivity contribution in [3.8, 4) is 5.75 Å². The minimum Gasteiger partial charge on any atom is -0.489 e. The molecule has 7 nitrogen and oxygen atoms in total. The van der Waals surface area contributed by atoms with Crippen LogP contribution >= 0.6 is 0 Å². The largest absolute Gasteiger partial charge is 0.489 e. The maximum absolute atomic E-state index is 12.5. The molecule has 1 amide bonds. The molecule has 0 saturated carbocycles. The first-order valence-electron chi connectivity index (χ1n) is 7.92. The molecule has 132 valence electrons. The van der Waals surface area contributed by atoms with Gasteiger partial charge < -0.3 is 9.64 Å². The van der Waals surface area contributed by atoms with Crippen LogP contribution in [-0.4, -0.2) is 43.4 Å². The summed E-state index contributed by atoms with van der Waals surface area (Å²) in [6.45, 7) is 1.17. The molecule has 25 heavy (non-hydrogen) atoms. The van der Waals surface area contributed by atoms with E-state index in [1.165, 1.54) is 24.3 Å². The van der Waals surface area contributed by atoms with Crippen molar-refractivity contribution >= 4 is 15.9 Å². The highest BCUT2D eigenvalue weighted by Gasteiger charge is 2.25. The average molecular weight is 361 g/mol. The van der Waals surface area contributed by atoms with Crippen LogP contribution in [0, 0.1) is 0 Å². The number of benzene rings is 1. The van der Waals surface area contributed by atoms with Gasteiger partial charge in [0.2, 0.25) is 10.0 Å². The zero-order chi connectivity index (χ0) is 17.9. The molecular weight excluding hydrogens is 342 g/mol. The van der Waals surface area contributed by atoms with Crippen molar-refractivity contribution in [1.82, 2.24) is 9.88 Å². The fraction of sp³-hybridized carbons (Fsp3) is 0.294. The van der Waals surface area contributed by atoms with Crippen molar-refractivity contribution in [2.75, 3.05) is 13.1 Å². The Morgan fingerprint density at radius 3 is 2.40 bits per heavy atom. The van der Waals surface area contributed by atoms with Crippen LogP contribution in [0.4, 0.5) is 0 Å². The number of pyridine rings is 1. The number of aromatic nitrogens is 1. The van der Waals surface area contributed by atoms with Crippen molar-refractivity contribution < 1.29 is 17.9 Å². The fourth-order valence-corrected chi connectivity index (χ4v) is 3.27. The second kappa shape index (κ2) is 7.20. The molecule has 2 N–H and O–H groups in total. The zero-order valence-electron chi connectivity index (χ0n) is 13.5.